The molecular weight excluding hydrogens is 428 g/mol. The van der Waals surface area contributed by atoms with E-state index in [1.54, 1.807) is 17.1 Å². The average Bonchev–Trinajstić information content (AvgIpc) is 3.10. The molecule has 0 aromatic carbocycles. The Balaban J connectivity index is 1.70. The van der Waals surface area contributed by atoms with Crippen LogP contribution in [0.1, 0.15) is 74.1 Å². The topological polar surface area (TPSA) is 66.9 Å². The number of hydrogen-bond acceptors (Lipinski definition) is 4. The zero-order valence-electron chi connectivity index (χ0n) is 22.0. The van der Waals surface area contributed by atoms with E-state index < -0.39 is 11.0 Å². The predicted octanol–water partition coefficient (Wildman–Crippen LogP) is 5.19. The molecule has 2 saturated carbocycles. The number of piperidine rings is 1. The van der Waals surface area contributed by atoms with Gasteiger partial charge in [0.25, 0.3) is 0 Å². The second-order valence-electron chi connectivity index (χ2n) is 12.2. The van der Waals surface area contributed by atoms with Gasteiger partial charge in [-0.15, -0.1) is 0 Å². The Labute approximate surface area is 204 Å². The van der Waals surface area contributed by atoms with Crippen LogP contribution in [-0.4, -0.2) is 52.8 Å². The Morgan fingerprint density at radius 2 is 1.79 bits per heavy atom. The smallest absolute Gasteiger partial charge is 0.414 e. The van der Waals surface area contributed by atoms with Gasteiger partial charge in [0.2, 0.25) is 5.91 Å². The molecule has 1 saturated heterocycles. The maximum absolute atomic E-state index is 13.5. The second kappa shape index (κ2) is 8.53. The standard InChI is InChI=1S/C28H42N2O4/c1-8-29(9-2)24(32)22-11-10-20-19-17-30(25(33)34-26(3,4)5)23-16-18(31)12-14-28(23,7)21(19)13-15-27(20,22)6/h12,14,16,19-22H,8-11,13,15,17H2,1-7H3/t19-,20-,21-,22+,27-,28+/m0/s1. The molecule has 2 amide bonds. The van der Waals surface area contributed by atoms with E-state index in [0.29, 0.717) is 24.3 Å². The van der Waals surface area contributed by atoms with E-state index in [0.717, 1.165) is 44.5 Å². The molecule has 1 aliphatic heterocycles. The fraction of sp³-hybridized carbons (Fsp3) is 0.750. The highest BCUT2D eigenvalue weighted by Gasteiger charge is 2.62. The van der Waals surface area contributed by atoms with Gasteiger partial charge in [0.15, 0.2) is 5.78 Å². The number of ether oxygens (including phenoxy) is 1. The van der Waals surface area contributed by atoms with Crippen LogP contribution in [-0.2, 0) is 14.3 Å². The van der Waals surface area contributed by atoms with Crippen molar-refractivity contribution in [2.75, 3.05) is 19.6 Å². The van der Waals surface area contributed by atoms with Crippen LogP contribution in [0.3, 0.4) is 0 Å². The van der Waals surface area contributed by atoms with Gasteiger partial charge >= 0.3 is 6.09 Å². The van der Waals surface area contributed by atoms with Gasteiger partial charge < -0.3 is 9.64 Å². The van der Waals surface area contributed by atoms with Crippen molar-refractivity contribution in [3.8, 4) is 0 Å². The fourth-order valence-electron chi connectivity index (χ4n) is 7.61. The lowest BCUT2D eigenvalue weighted by Gasteiger charge is -2.59. The largest absolute Gasteiger partial charge is 0.443 e. The summed E-state index contributed by atoms with van der Waals surface area (Å²) in [5.41, 5.74) is -0.301. The molecule has 0 N–H and O–H groups in total. The van der Waals surface area contributed by atoms with Crippen LogP contribution in [0, 0.1) is 34.5 Å². The number of allylic oxidation sites excluding steroid dienone is 3. The molecule has 0 bridgehead atoms. The fourth-order valence-corrected chi connectivity index (χ4v) is 7.61. The Kier molecular flexibility index (Phi) is 6.27. The van der Waals surface area contributed by atoms with E-state index in [-0.39, 0.29) is 29.1 Å². The maximum Gasteiger partial charge on any atom is 0.414 e. The number of nitrogens with zero attached hydrogens (tertiary/aromatic N) is 2. The maximum atomic E-state index is 13.5. The van der Waals surface area contributed by atoms with Crippen molar-refractivity contribution in [3.05, 3.63) is 23.9 Å². The van der Waals surface area contributed by atoms with Gasteiger partial charge in [-0.3, -0.25) is 14.5 Å². The monoisotopic (exact) mass is 470 g/mol. The summed E-state index contributed by atoms with van der Waals surface area (Å²) >= 11 is 0. The number of fused-ring (bicyclic) bond motifs is 5. The molecule has 0 spiro atoms. The van der Waals surface area contributed by atoms with Crippen molar-refractivity contribution in [1.82, 2.24) is 9.80 Å². The summed E-state index contributed by atoms with van der Waals surface area (Å²) in [5.74, 6) is 1.23. The molecule has 188 valence electrons. The quantitative estimate of drug-likeness (QED) is 0.569. The summed E-state index contributed by atoms with van der Waals surface area (Å²) in [6.45, 7) is 16.3. The molecule has 34 heavy (non-hydrogen) atoms. The Morgan fingerprint density at radius 1 is 1.12 bits per heavy atom. The van der Waals surface area contributed by atoms with Gasteiger partial charge in [-0.1, -0.05) is 19.9 Å². The summed E-state index contributed by atoms with van der Waals surface area (Å²) in [4.78, 5) is 42.9. The van der Waals surface area contributed by atoms with E-state index in [1.807, 2.05) is 31.7 Å². The first-order chi connectivity index (χ1) is 15.9. The van der Waals surface area contributed by atoms with Crippen molar-refractivity contribution >= 4 is 17.8 Å². The highest BCUT2D eigenvalue weighted by atomic mass is 16.6. The Morgan fingerprint density at radius 3 is 2.41 bits per heavy atom. The highest BCUT2D eigenvalue weighted by Crippen LogP contribution is 2.65. The van der Waals surface area contributed by atoms with E-state index >= 15 is 0 Å². The minimum absolute atomic E-state index is 0.0431. The van der Waals surface area contributed by atoms with Crippen molar-refractivity contribution in [1.29, 1.82) is 0 Å². The molecule has 4 rings (SSSR count). The number of hydrogen-bond donors (Lipinski definition) is 0. The minimum atomic E-state index is -0.616. The third-order valence-corrected chi connectivity index (χ3v) is 9.30. The van der Waals surface area contributed by atoms with Gasteiger partial charge in [0, 0.05) is 42.7 Å². The lowest BCUT2D eigenvalue weighted by atomic mass is 9.50. The number of ketones is 1. The van der Waals surface area contributed by atoms with Crippen LogP contribution in [0.15, 0.2) is 23.9 Å². The molecule has 6 nitrogen and oxygen atoms in total. The van der Waals surface area contributed by atoms with E-state index in [1.165, 1.54) is 0 Å². The molecular formula is C28H42N2O4. The van der Waals surface area contributed by atoms with Gasteiger partial charge in [-0.2, -0.15) is 0 Å². The average molecular weight is 471 g/mol. The summed E-state index contributed by atoms with van der Waals surface area (Å²) in [5, 5.41) is 0. The van der Waals surface area contributed by atoms with Crippen LogP contribution < -0.4 is 0 Å². The third-order valence-electron chi connectivity index (χ3n) is 9.30. The number of likely N-dealkylation sites (tertiary alicyclic amines) is 1. The highest BCUT2D eigenvalue weighted by molar-refractivity contribution is 6.01. The summed E-state index contributed by atoms with van der Waals surface area (Å²) in [7, 11) is 0. The third kappa shape index (κ3) is 3.91. The van der Waals surface area contributed by atoms with Gasteiger partial charge in [-0.25, -0.2) is 4.79 Å². The van der Waals surface area contributed by atoms with Crippen LogP contribution in [0.4, 0.5) is 4.79 Å². The van der Waals surface area contributed by atoms with Gasteiger partial charge in [0.05, 0.1) is 0 Å². The molecule has 4 aliphatic rings. The zero-order chi connectivity index (χ0) is 25.1. The normalized spacial score (nSPS) is 36.9. The molecule has 0 unspecified atom stereocenters. The Bertz CT molecular complexity index is 927. The summed E-state index contributed by atoms with van der Waals surface area (Å²) in [6.07, 6.45) is 8.86. The molecule has 0 aromatic heterocycles. The first-order valence-corrected chi connectivity index (χ1v) is 13.1. The van der Waals surface area contributed by atoms with Crippen molar-refractivity contribution in [3.63, 3.8) is 0 Å². The van der Waals surface area contributed by atoms with E-state index in [9.17, 15) is 14.4 Å². The molecule has 6 atom stereocenters. The number of carbonyl (C=O) groups is 3. The molecule has 0 aromatic rings. The molecule has 3 fully saturated rings. The van der Waals surface area contributed by atoms with Gasteiger partial charge in [0.1, 0.15) is 5.60 Å². The summed E-state index contributed by atoms with van der Waals surface area (Å²) < 4.78 is 5.79. The Hall–Kier alpha value is -2.11. The van der Waals surface area contributed by atoms with Crippen LogP contribution in [0.2, 0.25) is 0 Å². The number of rotatable bonds is 3. The summed E-state index contributed by atoms with van der Waals surface area (Å²) in [6, 6.07) is 0. The molecule has 0 radical (unpaired) electrons. The molecule has 3 aliphatic carbocycles. The minimum Gasteiger partial charge on any atom is -0.443 e. The van der Waals surface area contributed by atoms with E-state index in [2.05, 4.69) is 27.7 Å². The molecule has 6 heteroatoms. The van der Waals surface area contributed by atoms with Gasteiger partial charge in [-0.05, 0) is 89.5 Å². The number of carbonyl (C=O) groups excluding carboxylic acids is 3. The van der Waals surface area contributed by atoms with Crippen molar-refractivity contribution in [2.45, 2.75) is 79.8 Å². The lowest BCUT2D eigenvalue weighted by Crippen LogP contribution is -2.59. The number of amides is 2. The van der Waals surface area contributed by atoms with Crippen molar-refractivity contribution in [2.24, 2.45) is 34.5 Å². The van der Waals surface area contributed by atoms with Crippen LogP contribution in [0.25, 0.3) is 0 Å². The first kappa shape index (κ1) is 25.0. The molecule has 1 heterocycles. The first-order valence-electron chi connectivity index (χ1n) is 13.1. The predicted molar refractivity (Wildman–Crippen MR) is 132 cm³/mol. The van der Waals surface area contributed by atoms with Crippen LogP contribution >= 0.6 is 0 Å². The van der Waals surface area contributed by atoms with E-state index in [4.69, 9.17) is 4.74 Å². The van der Waals surface area contributed by atoms with Crippen molar-refractivity contribution < 1.29 is 19.1 Å². The lowest BCUT2D eigenvalue weighted by molar-refractivity contribution is -0.142. The zero-order valence-corrected chi connectivity index (χ0v) is 22.0. The SMILES string of the molecule is CCN(CC)C(=O)[C@H]1CC[C@H]2[C@@H]3CN(C(=O)OC(C)(C)C)C4=CC(=O)C=C[C@]4(C)[C@H]3CC[C@]12C. The van der Waals surface area contributed by atoms with Crippen LogP contribution in [0.5, 0.6) is 0 Å². The second-order valence-corrected chi connectivity index (χ2v) is 12.2.